The average Bonchev–Trinajstić information content (AvgIpc) is 3.26. The van der Waals surface area contributed by atoms with Crippen LogP contribution >= 0.6 is 24.0 Å². The van der Waals surface area contributed by atoms with Gasteiger partial charge in [0.1, 0.15) is 5.60 Å². The van der Waals surface area contributed by atoms with Crippen LogP contribution in [0.15, 0.2) is 35.3 Å². The second kappa shape index (κ2) is 13.3. The average molecular weight is 574 g/mol. The van der Waals surface area contributed by atoms with Gasteiger partial charge in [-0.15, -0.1) is 24.0 Å². The molecule has 2 fully saturated rings. The number of amides is 1. The van der Waals surface area contributed by atoms with E-state index in [1.807, 2.05) is 51.1 Å². The van der Waals surface area contributed by atoms with Gasteiger partial charge in [0.2, 0.25) is 0 Å². The number of aliphatic imine (C=N–C) groups is 1. The number of rotatable bonds is 6. The van der Waals surface area contributed by atoms with Gasteiger partial charge in [-0.2, -0.15) is 0 Å². The van der Waals surface area contributed by atoms with E-state index in [1.165, 1.54) is 0 Å². The fourth-order valence-corrected chi connectivity index (χ4v) is 4.15. The molecule has 9 heteroatoms. The van der Waals surface area contributed by atoms with Crippen LogP contribution in [0.2, 0.25) is 0 Å². The molecule has 33 heavy (non-hydrogen) atoms. The summed E-state index contributed by atoms with van der Waals surface area (Å²) in [5, 5.41) is 6.44. The third-order valence-electron chi connectivity index (χ3n) is 5.68. The molecule has 2 saturated heterocycles. The number of hydrogen-bond acceptors (Lipinski definition) is 5. The maximum Gasteiger partial charge on any atom is 0.408 e. The van der Waals surface area contributed by atoms with Gasteiger partial charge in [0.25, 0.3) is 0 Å². The van der Waals surface area contributed by atoms with E-state index in [0.29, 0.717) is 12.6 Å². The highest BCUT2D eigenvalue weighted by atomic mass is 127. The smallest absolute Gasteiger partial charge is 0.408 e. The molecule has 3 rings (SSSR count). The van der Waals surface area contributed by atoms with Crippen LogP contribution in [0.4, 0.5) is 4.79 Å². The quantitative estimate of drug-likeness (QED) is 0.309. The monoisotopic (exact) mass is 573 g/mol. The summed E-state index contributed by atoms with van der Waals surface area (Å²) in [6.07, 6.45) is 0.697. The van der Waals surface area contributed by atoms with Gasteiger partial charge >= 0.3 is 6.09 Å². The molecule has 0 spiro atoms. The molecule has 2 N–H and O–H groups in total. The van der Waals surface area contributed by atoms with Crippen molar-refractivity contribution in [3.63, 3.8) is 0 Å². The van der Waals surface area contributed by atoms with Crippen molar-refractivity contribution in [2.45, 2.75) is 51.8 Å². The Bertz CT molecular complexity index is 750. The van der Waals surface area contributed by atoms with Gasteiger partial charge in [-0.25, -0.2) is 4.79 Å². The van der Waals surface area contributed by atoms with E-state index in [2.05, 4.69) is 27.4 Å². The Labute approximate surface area is 215 Å². The van der Waals surface area contributed by atoms with E-state index in [4.69, 9.17) is 14.5 Å². The first kappa shape index (κ1) is 27.7. The van der Waals surface area contributed by atoms with Gasteiger partial charge in [0.15, 0.2) is 5.96 Å². The Kier molecular flexibility index (Phi) is 11.2. The highest BCUT2D eigenvalue weighted by Crippen LogP contribution is 2.19. The SMILES string of the molecule is CCNC(=NCC(NC(=O)OC(C)(C)C)c1ccccc1)N1CCC(N2CCOCC2)C1.I. The molecule has 0 radical (unpaired) electrons. The van der Waals surface area contributed by atoms with Crippen LogP contribution in [-0.2, 0) is 9.47 Å². The zero-order valence-electron chi connectivity index (χ0n) is 20.4. The lowest BCUT2D eigenvalue weighted by molar-refractivity contribution is 0.0195. The minimum atomic E-state index is -0.548. The summed E-state index contributed by atoms with van der Waals surface area (Å²) < 4.78 is 11.0. The van der Waals surface area contributed by atoms with Crippen molar-refractivity contribution in [1.82, 2.24) is 20.4 Å². The van der Waals surface area contributed by atoms with Crippen LogP contribution in [0, 0.1) is 0 Å². The fourth-order valence-electron chi connectivity index (χ4n) is 4.15. The van der Waals surface area contributed by atoms with Crippen molar-refractivity contribution in [2.75, 3.05) is 52.5 Å². The first-order chi connectivity index (χ1) is 15.4. The third-order valence-corrected chi connectivity index (χ3v) is 5.68. The number of benzene rings is 1. The molecule has 0 saturated carbocycles. The predicted octanol–water partition coefficient (Wildman–Crippen LogP) is 3.24. The Morgan fingerprint density at radius 1 is 1.21 bits per heavy atom. The van der Waals surface area contributed by atoms with E-state index in [0.717, 1.165) is 63.9 Å². The number of guanidine groups is 1. The van der Waals surface area contributed by atoms with Crippen molar-refractivity contribution in [2.24, 2.45) is 4.99 Å². The molecule has 0 aliphatic carbocycles. The molecule has 1 amide bonds. The Morgan fingerprint density at radius 2 is 1.91 bits per heavy atom. The Balaban J connectivity index is 0.00000385. The lowest BCUT2D eigenvalue weighted by Crippen LogP contribution is -2.47. The minimum absolute atomic E-state index is 0. The molecule has 1 aromatic rings. The number of halogens is 1. The molecule has 2 unspecified atom stereocenters. The van der Waals surface area contributed by atoms with E-state index in [1.54, 1.807) is 0 Å². The van der Waals surface area contributed by atoms with Gasteiger partial charge in [0, 0.05) is 38.8 Å². The molecule has 186 valence electrons. The number of nitrogens with zero attached hydrogens (tertiary/aromatic N) is 3. The van der Waals surface area contributed by atoms with Crippen molar-refractivity contribution in [3.05, 3.63) is 35.9 Å². The summed E-state index contributed by atoms with van der Waals surface area (Å²) in [5.74, 6) is 0.898. The summed E-state index contributed by atoms with van der Waals surface area (Å²) in [6, 6.07) is 10.2. The van der Waals surface area contributed by atoms with Gasteiger partial charge < -0.3 is 25.0 Å². The number of ether oxygens (including phenoxy) is 2. The molecular weight excluding hydrogens is 533 g/mol. The lowest BCUT2D eigenvalue weighted by Gasteiger charge is -2.32. The zero-order valence-corrected chi connectivity index (χ0v) is 22.7. The maximum absolute atomic E-state index is 12.5. The highest BCUT2D eigenvalue weighted by Gasteiger charge is 2.30. The number of likely N-dealkylation sites (tertiary alicyclic amines) is 1. The van der Waals surface area contributed by atoms with Gasteiger partial charge in [-0.3, -0.25) is 9.89 Å². The number of carbonyl (C=O) groups excluding carboxylic acids is 1. The van der Waals surface area contributed by atoms with Crippen LogP contribution in [0.1, 0.15) is 45.7 Å². The summed E-state index contributed by atoms with van der Waals surface area (Å²) >= 11 is 0. The van der Waals surface area contributed by atoms with Crippen molar-refractivity contribution in [3.8, 4) is 0 Å². The van der Waals surface area contributed by atoms with Crippen LogP contribution < -0.4 is 10.6 Å². The summed E-state index contributed by atoms with van der Waals surface area (Å²) in [4.78, 5) is 22.2. The molecule has 1 aromatic carbocycles. The van der Waals surface area contributed by atoms with E-state index < -0.39 is 11.7 Å². The van der Waals surface area contributed by atoms with Gasteiger partial charge in [-0.05, 0) is 39.7 Å². The van der Waals surface area contributed by atoms with Crippen LogP contribution in [0.3, 0.4) is 0 Å². The molecule has 0 bridgehead atoms. The topological polar surface area (TPSA) is 78.4 Å². The molecule has 2 atom stereocenters. The van der Waals surface area contributed by atoms with E-state index in [-0.39, 0.29) is 30.0 Å². The van der Waals surface area contributed by atoms with Crippen LogP contribution in [-0.4, -0.2) is 86.0 Å². The number of carbonyl (C=O) groups is 1. The van der Waals surface area contributed by atoms with E-state index in [9.17, 15) is 4.79 Å². The zero-order chi connectivity index (χ0) is 23.0. The van der Waals surface area contributed by atoms with E-state index >= 15 is 0 Å². The molecule has 8 nitrogen and oxygen atoms in total. The third kappa shape index (κ3) is 8.94. The van der Waals surface area contributed by atoms with Crippen molar-refractivity contribution < 1.29 is 14.3 Å². The highest BCUT2D eigenvalue weighted by molar-refractivity contribution is 14.0. The Morgan fingerprint density at radius 3 is 2.55 bits per heavy atom. The normalized spacial score (nSPS) is 20.7. The van der Waals surface area contributed by atoms with Crippen LogP contribution in [0.5, 0.6) is 0 Å². The minimum Gasteiger partial charge on any atom is -0.444 e. The molecule has 0 aromatic heterocycles. The lowest BCUT2D eigenvalue weighted by atomic mass is 10.1. The fraction of sp³-hybridized carbons (Fsp3) is 0.667. The first-order valence-electron chi connectivity index (χ1n) is 11.7. The summed E-state index contributed by atoms with van der Waals surface area (Å²) in [7, 11) is 0. The molecular formula is C24H40IN5O3. The number of nitrogens with one attached hydrogen (secondary N) is 2. The maximum atomic E-state index is 12.5. The summed E-state index contributed by atoms with van der Waals surface area (Å²) in [5.41, 5.74) is 0.457. The first-order valence-corrected chi connectivity index (χ1v) is 11.7. The number of alkyl carbamates (subject to hydrolysis) is 1. The van der Waals surface area contributed by atoms with Crippen LogP contribution in [0.25, 0.3) is 0 Å². The Hall–Kier alpha value is -1.59. The largest absolute Gasteiger partial charge is 0.444 e. The molecule has 2 aliphatic rings. The van der Waals surface area contributed by atoms with Crippen molar-refractivity contribution in [1.29, 1.82) is 0 Å². The standard InChI is InChI=1S/C24H39N5O3.HI/c1-5-25-22(29-12-11-20(18-29)28-13-15-31-16-14-28)26-17-21(19-9-7-6-8-10-19)27-23(30)32-24(2,3)4;/h6-10,20-21H,5,11-18H2,1-4H3,(H,25,26)(H,27,30);1H. The number of hydrogen-bond donors (Lipinski definition) is 2. The predicted molar refractivity (Wildman–Crippen MR) is 142 cm³/mol. The van der Waals surface area contributed by atoms with Crippen molar-refractivity contribution >= 4 is 36.0 Å². The molecule has 2 aliphatic heterocycles. The second-order valence-corrected chi connectivity index (χ2v) is 9.34. The van der Waals surface area contributed by atoms with Gasteiger partial charge in [-0.1, -0.05) is 30.3 Å². The second-order valence-electron chi connectivity index (χ2n) is 9.34. The molecule has 2 heterocycles. The summed E-state index contributed by atoms with van der Waals surface area (Å²) in [6.45, 7) is 14.5. The van der Waals surface area contributed by atoms with Gasteiger partial charge in [0.05, 0.1) is 25.8 Å². The number of morpholine rings is 1.